The molecule has 0 spiro atoms. The Morgan fingerprint density at radius 1 is 1.25 bits per heavy atom. The highest BCUT2D eigenvalue weighted by Crippen LogP contribution is 2.13. The van der Waals surface area contributed by atoms with Gasteiger partial charge in [-0.25, -0.2) is 14.6 Å². The summed E-state index contributed by atoms with van der Waals surface area (Å²) in [4.78, 5) is 13.2. The van der Waals surface area contributed by atoms with Gasteiger partial charge in [0.15, 0.2) is 5.65 Å². The minimum atomic E-state index is 0.558. The van der Waals surface area contributed by atoms with Crippen LogP contribution >= 0.6 is 0 Å². The zero-order chi connectivity index (χ0) is 14.1. The Hall–Kier alpha value is -2.28. The summed E-state index contributed by atoms with van der Waals surface area (Å²) in [6.45, 7) is 5.26. The summed E-state index contributed by atoms with van der Waals surface area (Å²) >= 11 is 0. The Morgan fingerprint density at radius 3 is 2.80 bits per heavy atom. The lowest BCUT2D eigenvalue weighted by atomic mass is 10.4. The van der Waals surface area contributed by atoms with Gasteiger partial charge in [0.2, 0.25) is 0 Å². The van der Waals surface area contributed by atoms with Gasteiger partial charge in [0.05, 0.1) is 24.8 Å². The van der Waals surface area contributed by atoms with Crippen molar-refractivity contribution in [2.24, 2.45) is 0 Å². The molecule has 0 aliphatic carbocycles. The molecule has 20 heavy (non-hydrogen) atoms. The van der Waals surface area contributed by atoms with Crippen LogP contribution in [0.15, 0.2) is 18.6 Å². The van der Waals surface area contributed by atoms with Crippen molar-refractivity contribution in [1.82, 2.24) is 29.3 Å². The first-order valence-corrected chi connectivity index (χ1v) is 6.39. The van der Waals surface area contributed by atoms with E-state index >= 15 is 0 Å². The summed E-state index contributed by atoms with van der Waals surface area (Å²) in [6.07, 6.45) is 3.47. The lowest BCUT2D eigenvalue weighted by Gasteiger charge is -2.05. The molecule has 0 N–H and O–H groups in total. The Bertz CT molecular complexity index is 744. The van der Waals surface area contributed by atoms with Gasteiger partial charge in [-0.2, -0.15) is 10.1 Å². The van der Waals surface area contributed by atoms with Crippen LogP contribution in [0.4, 0.5) is 0 Å². The van der Waals surface area contributed by atoms with Gasteiger partial charge in [-0.15, -0.1) is 0 Å². The number of hydrogen-bond acceptors (Lipinski definition) is 5. The molecule has 3 rings (SSSR count). The van der Waals surface area contributed by atoms with Crippen LogP contribution in [0.25, 0.3) is 17.1 Å². The molecule has 0 fully saturated rings. The second-order valence-electron chi connectivity index (χ2n) is 4.65. The minimum absolute atomic E-state index is 0.558. The number of imidazole rings is 1. The second kappa shape index (κ2) is 5.01. The van der Waals surface area contributed by atoms with E-state index in [2.05, 4.69) is 20.1 Å². The average Bonchev–Trinajstić information content (AvgIpc) is 2.99. The van der Waals surface area contributed by atoms with Gasteiger partial charge in [0, 0.05) is 19.3 Å². The third-order valence-corrected chi connectivity index (χ3v) is 3.08. The van der Waals surface area contributed by atoms with Crippen LogP contribution in [-0.2, 0) is 11.3 Å². The number of hydrogen-bond donors (Lipinski definition) is 0. The zero-order valence-corrected chi connectivity index (χ0v) is 11.7. The fraction of sp³-hybridized carbons (Fsp3) is 0.385. The number of fused-ring (bicyclic) bond motifs is 1. The smallest absolute Gasteiger partial charge is 0.252 e. The Balaban J connectivity index is 2.07. The predicted molar refractivity (Wildman–Crippen MR) is 73.8 cm³/mol. The molecule has 0 bridgehead atoms. The lowest BCUT2D eigenvalue weighted by molar-refractivity contribution is 0.188. The molecule has 0 saturated carbocycles. The van der Waals surface area contributed by atoms with Crippen molar-refractivity contribution in [3.05, 3.63) is 30.0 Å². The first-order chi connectivity index (χ1) is 9.69. The van der Waals surface area contributed by atoms with Gasteiger partial charge in [0.25, 0.3) is 5.95 Å². The molecule has 104 valence electrons. The van der Waals surface area contributed by atoms with E-state index in [1.807, 2.05) is 24.5 Å². The molecule has 7 heteroatoms. The fourth-order valence-electron chi connectivity index (χ4n) is 2.13. The molecular weight excluding hydrogens is 256 g/mol. The fourth-order valence-corrected chi connectivity index (χ4v) is 2.13. The molecule has 0 aliphatic heterocycles. The largest absolute Gasteiger partial charge is 0.383 e. The van der Waals surface area contributed by atoms with Crippen molar-refractivity contribution in [3.8, 4) is 5.95 Å². The van der Waals surface area contributed by atoms with Gasteiger partial charge < -0.3 is 9.30 Å². The molecule has 0 atom stereocenters. The summed E-state index contributed by atoms with van der Waals surface area (Å²) in [7, 11) is 1.68. The molecule has 0 amide bonds. The van der Waals surface area contributed by atoms with Crippen LogP contribution in [-0.4, -0.2) is 43.0 Å². The molecule has 3 aromatic rings. The maximum Gasteiger partial charge on any atom is 0.252 e. The normalized spacial score (nSPS) is 11.3. The SMILES string of the molecule is COCCn1cnc2cnc(-n3nc(C)cc3C)nc21. The summed E-state index contributed by atoms with van der Waals surface area (Å²) in [5.41, 5.74) is 3.51. The highest BCUT2D eigenvalue weighted by molar-refractivity contribution is 5.70. The predicted octanol–water partition coefficient (Wildman–Crippen LogP) is 1.28. The van der Waals surface area contributed by atoms with E-state index in [1.54, 1.807) is 24.3 Å². The van der Waals surface area contributed by atoms with Crippen LogP contribution in [0, 0.1) is 13.8 Å². The monoisotopic (exact) mass is 272 g/mol. The molecule has 0 unspecified atom stereocenters. The molecule has 3 aromatic heterocycles. The van der Waals surface area contributed by atoms with E-state index in [9.17, 15) is 0 Å². The van der Waals surface area contributed by atoms with E-state index in [0.717, 1.165) is 22.6 Å². The highest BCUT2D eigenvalue weighted by atomic mass is 16.5. The van der Waals surface area contributed by atoms with E-state index in [0.29, 0.717) is 19.1 Å². The van der Waals surface area contributed by atoms with Gasteiger partial charge in [-0.05, 0) is 19.9 Å². The maximum absolute atomic E-state index is 5.09. The van der Waals surface area contributed by atoms with Gasteiger partial charge >= 0.3 is 0 Å². The van der Waals surface area contributed by atoms with Crippen molar-refractivity contribution >= 4 is 11.2 Å². The number of rotatable bonds is 4. The van der Waals surface area contributed by atoms with E-state index < -0.39 is 0 Å². The molecule has 0 saturated heterocycles. The summed E-state index contributed by atoms with van der Waals surface area (Å²) < 4.78 is 8.78. The van der Waals surface area contributed by atoms with Crippen LogP contribution < -0.4 is 0 Å². The van der Waals surface area contributed by atoms with Crippen molar-refractivity contribution in [1.29, 1.82) is 0 Å². The summed E-state index contributed by atoms with van der Waals surface area (Å²) in [5, 5.41) is 4.40. The first-order valence-electron chi connectivity index (χ1n) is 6.39. The second-order valence-corrected chi connectivity index (χ2v) is 4.65. The number of methoxy groups -OCH3 is 1. The van der Waals surface area contributed by atoms with Crippen LogP contribution in [0.1, 0.15) is 11.4 Å². The number of nitrogens with zero attached hydrogens (tertiary/aromatic N) is 6. The highest BCUT2D eigenvalue weighted by Gasteiger charge is 2.10. The van der Waals surface area contributed by atoms with Crippen LogP contribution in [0.2, 0.25) is 0 Å². The summed E-state index contributed by atoms with van der Waals surface area (Å²) in [5.74, 6) is 0.558. The molecule has 7 nitrogen and oxygen atoms in total. The van der Waals surface area contributed by atoms with Crippen molar-refractivity contribution in [2.45, 2.75) is 20.4 Å². The lowest BCUT2D eigenvalue weighted by Crippen LogP contribution is -2.08. The standard InChI is InChI=1S/C13H16N6O/c1-9-6-10(2)19(17-9)13-14-7-11-12(16-13)18(8-15-11)4-5-20-3/h6-8H,4-5H2,1-3H3. The quantitative estimate of drug-likeness (QED) is 0.715. The van der Waals surface area contributed by atoms with Crippen LogP contribution in [0.5, 0.6) is 0 Å². The van der Waals surface area contributed by atoms with Gasteiger partial charge in [-0.3, -0.25) is 0 Å². The van der Waals surface area contributed by atoms with Gasteiger partial charge in [0.1, 0.15) is 5.52 Å². The zero-order valence-electron chi connectivity index (χ0n) is 11.7. The third kappa shape index (κ3) is 2.16. The molecule has 0 aliphatic rings. The van der Waals surface area contributed by atoms with Crippen LogP contribution in [0.3, 0.4) is 0 Å². The Labute approximate surface area is 116 Å². The van der Waals surface area contributed by atoms with E-state index in [4.69, 9.17) is 4.74 Å². The Morgan fingerprint density at radius 2 is 2.10 bits per heavy atom. The first kappa shape index (κ1) is 12.7. The average molecular weight is 272 g/mol. The molecule has 0 radical (unpaired) electrons. The van der Waals surface area contributed by atoms with Crippen molar-refractivity contribution < 1.29 is 4.74 Å². The van der Waals surface area contributed by atoms with Crippen molar-refractivity contribution in [2.75, 3.05) is 13.7 Å². The Kier molecular flexibility index (Phi) is 3.19. The maximum atomic E-state index is 5.09. The number of aromatic nitrogens is 6. The third-order valence-electron chi connectivity index (χ3n) is 3.08. The number of ether oxygens (including phenoxy) is 1. The van der Waals surface area contributed by atoms with E-state index in [1.165, 1.54) is 0 Å². The molecule has 0 aromatic carbocycles. The molecular formula is C13H16N6O. The van der Waals surface area contributed by atoms with Gasteiger partial charge in [-0.1, -0.05) is 0 Å². The molecule has 3 heterocycles. The van der Waals surface area contributed by atoms with Crippen molar-refractivity contribution in [3.63, 3.8) is 0 Å². The minimum Gasteiger partial charge on any atom is -0.383 e. The summed E-state index contributed by atoms with van der Waals surface area (Å²) in [6, 6.07) is 2.00. The number of aryl methyl sites for hydroxylation is 2. The van der Waals surface area contributed by atoms with E-state index in [-0.39, 0.29) is 0 Å². The topological polar surface area (TPSA) is 70.7 Å².